The van der Waals surface area contributed by atoms with Crippen molar-refractivity contribution in [2.24, 2.45) is 17.3 Å². The Kier molecular flexibility index (Phi) is 5.96. The van der Waals surface area contributed by atoms with E-state index >= 15 is 0 Å². The second kappa shape index (κ2) is 8.02. The Morgan fingerprint density at radius 1 is 1.03 bits per heavy atom. The molecule has 162 valence electrons. The molecule has 1 fully saturated rings. The normalized spacial score (nSPS) is 25.7. The van der Waals surface area contributed by atoms with E-state index in [1.165, 1.54) is 12.1 Å². The molecule has 2 aliphatic carbocycles. The number of hydrogen-bond acceptors (Lipinski definition) is 4. The lowest BCUT2D eigenvalue weighted by Gasteiger charge is -2.45. The summed E-state index contributed by atoms with van der Waals surface area (Å²) in [5.41, 5.74) is 0.506. The Bertz CT molecular complexity index is 1030. The molecule has 0 aliphatic heterocycles. The Morgan fingerprint density at radius 2 is 1.60 bits per heavy atom. The molecule has 0 bridgehead atoms. The van der Waals surface area contributed by atoms with Gasteiger partial charge in [-0.15, -0.1) is 0 Å². The van der Waals surface area contributed by atoms with Gasteiger partial charge in [0.05, 0.1) is 10.3 Å². The van der Waals surface area contributed by atoms with E-state index in [4.69, 9.17) is 0 Å². The highest BCUT2D eigenvalue weighted by atomic mass is 32.2. The van der Waals surface area contributed by atoms with Gasteiger partial charge in [-0.25, -0.2) is 13.2 Å². The Hall–Kier alpha value is -2.41. The lowest BCUT2D eigenvalue weighted by Crippen LogP contribution is -2.47. The van der Waals surface area contributed by atoms with Crippen molar-refractivity contribution in [3.63, 3.8) is 0 Å². The first-order valence-electron chi connectivity index (χ1n) is 10.2. The average molecular weight is 433 g/mol. The zero-order valence-electron chi connectivity index (χ0n) is 17.5. The fourth-order valence-corrected chi connectivity index (χ4v) is 5.81. The van der Waals surface area contributed by atoms with Crippen LogP contribution >= 0.6 is 0 Å². The van der Waals surface area contributed by atoms with Crippen molar-refractivity contribution >= 4 is 27.3 Å². The van der Waals surface area contributed by atoms with Crippen LogP contribution in [0.25, 0.3) is 5.57 Å². The van der Waals surface area contributed by atoms with Gasteiger partial charge in [-0.05, 0) is 54.5 Å². The molecule has 7 heteroatoms. The van der Waals surface area contributed by atoms with Crippen molar-refractivity contribution in [3.8, 4) is 0 Å². The fourth-order valence-electron chi connectivity index (χ4n) is 5.18. The van der Waals surface area contributed by atoms with Gasteiger partial charge in [0.2, 0.25) is 0 Å². The molecule has 2 atom stereocenters. The summed E-state index contributed by atoms with van der Waals surface area (Å²) in [5, 5.41) is 20.3. The van der Waals surface area contributed by atoms with E-state index in [9.17, 15) is 28.2 Å². The molecule has 3 rings (SSSR count). The van der Waals surface area contributed by atoms with Gasteiger partial charge in [0.15, 0.2) is 9.84 Å². The number of hydrogen-bond donors (Lipinski definition) is 2. The van der Waals surface area contributed by atoms with E-state index in [-0.39, 0.29) is 16.4 Å². The molecule has 0 aromatic heterocycles. The molecular weight excluding hydrogens is 404 g/mol. The Morgan fingerprint density at radius 3 is 2.07 bits per heavy atom. The van der Waals surface area contributed by atoms with Crippen molar-refractivity contribution in [3.05, 3.63) is 47.1 Å². The monoisotopic (exact) mass is 432 g/mol. The van der Waals surface area contributed by atoms with Crippen molar-refractivity contribution < 1.29 is 28.2 Å². The van der Waals surface area contributed by atoms with Gasteiger partial charge in [-0.1, -0.05) is 44.4 Å². The summed E-state index contributed by atoms with van der Waals surface area (Å²) in [4.78, 5) is 25.0. The quantitative estimate of drug-likeness (QED) is 0.723. The first-order chi connectivity index (χ1) is 14.0. The van der Waals surface area contributed by atoms with Gasteiger partial charge in [0.1, 0.15) is 0 Å². The topological polar surface area (TPSA) is 109 Å². The van der Waals surface area contributed by atoms with Gasteiger partial charge in [0.25, 0.3) is 0 Å². The first-order valence-corrected chi connectivity index (χ1v) is 12.1. The molecule has 0 spiro atoms. The molecule has 30 heavy (non-hydrogen) atoms. The van der Waals surface area contributed by atoms with Crippen molar-refractivity contribution in [1.29, 1.82) is 0 Å². The predicted octanol–water partition coefficient (Wildman–Crippen LogP) is 4.18. The van der Waals surface area contributed by atoms with E-state index in [0.29, 0.717) is 16.7 Å². The molecule has 1 aromatic carbocycles. The maximum absolute atomic E-state index is 12.7. The second-order valence-corrected chi connectivity index (χ2v) is 10.5. The summed E-state index contributed by atoms with van der Waals surface area (Å²) in [6.07, 6.45) is 7.29. The van der Waals surface area contributed by atoms with Crippen LogP contribution in [0.4, 0.5) is 0 Å². The second-order valence-electron chi connectivity index (χ2n) is 8.49. The van der Waals surface area contributed by atoms with E-state index in [1.54, 1.807) is 32.1 Å². The first kappa shape index (κ1) is 22.3. The predicted molar refractivity (Wildman–Crippen MR) is 114 cm³/mol. The molecule has 0 heterocycles. The number of carboxylic acid groups (broad SMARTS) is 2. The Labute approximate surface area is 177 Å². The lowest BCUT2D eigenvalue weighted by molar-refractivity contribution is -0.153. The minimum absolute atomic E-state index is 0.118. The number of benzene rings is 1. The van der Waals surface area contributed by atoms with Crippen LogP contribution in [0.5, 0.6) is 0 Å². The minimum Gasteiger partial charge on any atom is -0.481 e. The third-order valence-corrected chi connectivity index (χ3v) is 7.94. The number of aliphatic carboxylic acids is 2. The molecule has 2 aliphatic rings. The van der Waals surface area contributed by atoms with Crippen LogP contribution in [-0.2, 0) is 19.4 Å². The molecule has 2 unspecified atom stereocenters. The highest BCUT2D eigenvalue weighted by Gasteiger charge is 2.53. The van der Waals surface area contributed by atoms with Crippen LogP contribution in [0.15, 0.2) is 46.4 Å². The van der Waals surface area contributed by atoms with Crippen molar-refractivity contribution in [1.82, 2.24) is 0 Å². The SMILES string of the molecule is CC1=C(C(=O)O)C(C)C(C(=O)O)(C2CCCCC2)C=C1c1ccc(S(C)(=O)=O)cc1. The van der Waals surface area contributed by atoms with Crippen LogP contribution < -0.4 is 0 Å². The molecule has 1 aromatic rings. The lowest BCUT2D eigenvalue weighted by atomic mass is 9.57. The van der Waals surface area contributed by atoms with Gasteiger partial charge in [-0.2, -0.15) is 0 Å². The number of carboxylic acids is 2. The summed E-state index contributed by atoms with van der Waals surface area (Å²) in [5.74, 6) is -2.93. The molecule has 1 saturated carbocycles. The number of allylic oxidation sites excluding steroid dienone is 2. The summed E-state index contributed by atoms with van der Waals surface area (Å²) in [7, 11) is -3.37. The minimum atomic E-state index is -3.37. The highest BCUT2D eigenvalue weighted by molar-refractivity contribution is 7.90. The van der Waals surface area contributed by atoms with Crippen LogP contribution in [0.1, 0.15) is 51.5 Å². The van der Waals surface area contributed by atoms with Gasteiger partial charge in [-0.3, -0.25) is 4.79 Å². The number of rotatable bonds is 5. The molecule has 0 amide bonds. The van der Waals surface area contributed by atoms with Crippen LogP contribution in [-0.4, -0.2) is 36.8 Å². The summed E-state index contributed by atoms with van der Waals surface area (Å²) in [6.45, 7) is 3.40. The molecule has 2 N–H and O–H groups in total. The van der Waals surface area contributed by atoms with Crippen LogP contribution in [0.3, 0.4) is 0 Å². The maximum Gasteiger partial charge on any atom is 0.332 e. The van der Waals surface area contributed by atoms with Crippen molar-refractivity contribution in [2.45, 2.75) is 50.8 Å². The molecule has 0 saturated heterocycles. The maximum atomic E-state index is 12.7. The summed E-state index contributed by atoms with van der Waals surface area (Å²) in [6, 6.07) is 6.18. The standard InChI is InChI=1S/C23H28O6S/c1-14-19(16-9-11-18(12-10-16)30(3,28)29)13-23(22(26)27,15(2)20(14)21(24)25)17-7-5-4-6-8-17/h9-13,15,17H,4-8H2,1-3H3,(H,24,25)(H,26,27). The van der Waals surface area contributed by atoms with Gasteiger partial charge in [0, 0.05) is 17.7 Å². The van der Waals surface area contributed by atoms with Crippen molar-refractivity contribution in [2.75, 3.05) is 6.26 Å². The largest absolute Gasteiger partial charge is 0.481 e. The third-order valence-electron chi connectivity index (χ3n) is 6.82. The van der Waals surface area contributed by atoms with Crippen LogP contribution in [0, 0.1) is 17.3 Å². The average Bonchev–Trinajstić information content (AvgIpc) is 2.68. The Balaban J connectivity index is 2.23. The third kappa shape index (κ3) is 3.71. The van der Waals surface area contributed by atoms with E-state index < -0.39 is 33.1 Å². The molecular formula is C23H28O6S. The highest BCUT2D eigenvalue weighted by Crippen LogP contribution is 2.53. The van der Waals surface area contributed by atoms with E-state index in [1.807, 2.05) is 0 Å². The smallest absolute Gasteiger partial charge is 0.332 e. The van der Waals surface area contributed by atoms with E-state index in [2.05, 4.69) is 0 Å². The zero-order valence-corrected chi connectivity index (χ0v) is 18.3. The fraction of sp³-hybridized carbons (Fsp3) is 0.478. The van der Waals surface area contributed by atoms with Gasteiger partial charge < -0.3 is 10.2 Å². The molecule has 0 radical (unpaired) electrons. The number of sulfone groups is 1. The zero-order chi connectivity index (χ0) is 22.3. The van der Waals surface area contributed by atoms with Gasteiger partial charge >= 0.3 is 11.9 Å². The van der Waals surface area contributed by atoms with E-state index in [0.717, 1.165) is 38.4 Å². The summed E-state index contributed by atoms with van der Waals surface area (Å²) < 4.78 is 23.6. The summed E-state index contributed by atoms with van der Waals surface area (Å²) >= 11 is 0. The number of carbonyl (C=O) groups is 2. The van der Waals surface area contributed by atoms with Crippen LogP contribution in [0.2, 0.25) is 0 Å². The molecule has 6 nitrogen and oxygen atoms in total.